The molecular formula is C22H30N4O6. The molecule has 1 aliphatic heterocycles. The van der Waals surface area contributed by atoms with Crippen molar-refractivity contribution < 1.29 is 28.6 Å². The van der Waals surface area contributed by atoms with Gasteiger partial charge in [-0.2, -0.15) is 0 Å². The Hall–Kier alpha value is -3.30. The maximum Gasteiger partial charge on any atom is 0.411 e. The van der Waals surface area contributed by atoms with E-state index in [-0.39, 0.29) is 6.54 Å². The van der Waals surface area contributed by atoms with Crippen LogP contribution in [0.15, 0.2) is 18.3 Å². The van der Waals surface area contributed by atoms with E-state index in [4.69, 9.17) is 14.2 Å². The fourth-order valence-corrected chi connectivity index (χ4v) is 3.82. The number of imidazole rings is 1. The number of amides is 2. The van der Waals surface area contributed by atoms with Crippen molar-refractivity contribution in [2.75, 3.05) is 20.3 Å². The Bertz CT molecular complexity index is 1030. The van der Waals surface area contributed by atoms with Gasteiger partial charge < -0.3 is 19.5 Å². The highest BCUT2D eigenvalue weighted by Crippen LogP contribution is 2.25. The van der Waals surface area contributed by atoms with E-state index in [0.717, 1.165) is 0 Å². The number of pyridine rings is 1. The summed E-state index contributed by atoms with van der Waals surface area (Å²) in [5.74, 6) is -0.456. The minimum atomic E-state index is -0.989. The monoisotopic (exact) mass is 446 g/mol. The number of carbonyl (C=O) groups excluding carboxylic acids is 3. The minimum Gasteiger partial charge on any atom is -0.490 e. The summed E-state index contributed by atoms with van der Waals surface area (Å²) >= 11 is 0. The number of hydrogen-bond acceptors (Lipinski definition) is 7. The summed E-state index contributed by atoms with van der Waals surface area (Å²) < 4.78 is 17.6. The van der Waals surface area contributed by atoms with E-state index >= 15 is 0 Å². The van der Waals surface area contributed by atoms with Gasteiger partial charge in [-0.25, -0.2) is 14.6 Å². The fraction of sp³-hybridized carbons (Fsp3) is 0.545. The molecule has 2 amide bonds. The zero-order chi connectivity index (χ0) is 23.6. The van der Waals surface area contributed by atoms with Crippen molar-refractivity contribution in [1.82, 2.24) is 19.6 Å². The molecule has 1 saturated heterocycles. The SMILES string of the molecule is CCOc1cccn2c(C(=O)N[C@@H]3CCN(C(=O)OC(C)(C)C)[C@@H]3C(=O)OC)c(C)nc12. The molecule has 3 rings (SSSR count). The molecule has 0 unspecified atom stereocenters. The van der Waals surface area contributed by atoms with E-state index < -0.39 is 35.7 Å². The van der Waals surface area contributed by atoms with Crippen molar-refractivity contribution in [3.8, 4) is 5.75 Å². The average Bonchev–Trinajstić information content (AvgIpc) is 3.27. The second-order valence-electron chi connectivity index (χ2n) is 8.56. The van der Waals surface area contributed by atoms with Crippen LogP contribution in [0.2, 0.25) is 0 Å². The van der Waals surface area contributed by atoms with Crippen molar-refractivity contribution in [1.29, 1.82) is 0 Å². The van der Waals surface area contributed by atoms with Gasteiger partial charge >= 0.3 is 12.1 Å². The van der Waals surface area contributed by atoms with Crippen molar-refractivity contribution in [2.24, 2.45) is 0 Å². The molecule has 32 heavy (non-hydrogen) atoms. The lowest BCUT2D eigenvalue weighted by atomic mass is 10.1. The molecule has 3 heterocycles. The quantitative estimate of drug-likeness (QED) is 0.702. The van der Waals surface area contributed by atoms with E-state index in [1.54, 1.807) is 50.4 Å². The van der Waals surface area contributed by atoms with Crippen LogP contribution in [0.4, 0.5) is 4.79 Å². The lowest BCUT2D eigenvalue weighted by molar-refractivity contribution is -0.146. The molecule has 2 aromatic heterocycles. The van der Waals surface area contributed by atoms with Crippen LogP contribution >= 0.6 is 0 Å². The summed E-state index contributed by atoms with van der Waals surface area (Å²) in [7, 11) is 1.25. The van der Waals surface area contributed by atoms with E-state index in [1.807, 2.05) is 6.92 Å². The lowest BCUT2D eigenvalue weighted by Crippen LogP contribution is -2.52. The van der Waals surface area contributed by atoms with Crippen LogP contribution in [0.3, 0.4) is 0 Å². The number of esters is 1. The van der Waals surface area contributed by atoms with Crippen LogP contribution in [-0.2, 0) is 14.3 Å². The van der Waals surface area contributed by atoms with Gasteiger partial charge in [0.05, 0.1) is 25.5 Å². The highest BCUT2D eigenvalue weighted by molar-refractivity contribution is 5.96. The third kappa shape index (κ3) is 4.63. The smallest absolute Gasteiger partial charge is 0.411 e. The molecule has 0 saturated carbocycles. The summed E-state index contributed by atoms with van der Waals surface area (Å²) in [6.45, 7) is 9.57. The summed E-state index contributed by atoms with van der Waals surface area (Å²) in [6.07, 6.45) is 1.48. The number of fused-ring (bicyclic) bond motifs is 1. The Morgan fingerprint density at radius 2 is 2.00 bits per heavy atom. The highest BCUT2D eigenvalue weighted by Gasteiger charge is 2.45. The summed E-state index contributed by atoms with van der Waals surface area (Å²) in [5.41, 5.74) is 0.667. The van der Waals surface area contributed by atoms with Crippen LogP contribution in [0.25, 0.3) is 5.65 Å². The second-order valence-corrected chi connectivity index (χ2v) is 8.56. The summed E-state index contributed by atoms with van der Waals surface area (Å²) in [4.78, 5) is 44.2. The first-order valence-corrected chi connectivity index (χ1v) is 10.6. The van der Waals surface area contributed by atoms with Gasteiger partial charge in [0.1, 0.15) is 11.3 Å². The third-order valence-electron chi connectivity index (χ3n) is 5.09. The molecule has 0 aromatic carbocycles. The number of aryl methyl sites for hydroxylation is 1. The number of carbonyl (C=O) groups is 3. The molecule has 174 valence electrons. The first-order chi connectivity index (χ1) is 15.1. The van der Waals surface area contributed by atoms with Gasteiger partial charge in [-0.05, 0) is 53.2 Å². The Morgan fingerprint density at radius 3 is 2.62 bits per heavy atom. The second kappa shape index (κ2) is 9.05. The number of aromatic nitrogens is 2. The normalized spacial score (nSPS) is 18.5. The molecule has 10 nitrogen and oxygen atoms in total. The Kier molecular flexibility index (Phi) is 6.61. The van der Waals surface area contributed by atoms with Gasteiger partial charge in [0.2, 0.25) is 0 Å². The zero-order valence-corrected chi connectivity index (χ0v) is 19.3. The molecule has 10 heteroatoms. The van der Waals surface area contributed by atoms with Crippen LogP contribution in [0, 0.1) is 6.92 Å². The van der Waals surface area contributed by atoms with Crippen LogP contribution in [0.1, 0.15) is 50.3 Å². The largest absolute Gasteiger partial charge is 0.490 e. The molecule has 1 aliphatic rings. The molecule has 0 spiro atoms. The molecular weight excluding hydrogens is 416 g/mol. The first kappa shape index (κ1) is 23.4. The number of hydrogen-bond donors (Lipinski definition) is 1. The van der Waals surface area contributed by atoms with Gasteiger partial charge in [-0.3, -0.25) is 14.1 Å². The Balaban J connectivity index is 1.87. The molecule has 0 bridgehead atoms. The fourth-order valence-electron chi connectivity index (χ4n) is 3.82. The van der Waals surface area contributed by atoms with Gasteiger partial charge in [0.15, 0.2) is 17.4 Å². The highest BCUT2D eigenvalue weighted by atomic mass is 16.6. The molecule has 0 aliphatic carbocycles. The van der Waals surface area contributed by atoms with Gasteiger partial charge in [0, 0.05) is 12.7 Å². The third-order valence-corrected chi connectivity index (χ3v) is 5.09. The van der Waals surface area contributed by atoms with Crippen LogP contribution in [0.5, 0.6) is 5.75 Å². The maximum absolute atomic E-state index is 13.2. The Labute approximate surface area is 186 Å². The first-order valence-electron chi connectivity index (χ1n) is 10.6. The molecule has 0 radical (unpaired) electrons. The van der Waals surface area contributed by atoms with E-state index in [1.165, 1.54) is 12.0 Å². The molecule has 2 atom stereocenters. The predicted octanol–water partition coefficient (Wildman–Crippen LogP) is 2.32. The number of likely N-dealkylation sites (tertiary alicyclic amines) is 1. The maximum atomic E-state index is 13.2. The van der Waals surface area contributed by atoms with Crippen molar-refractivity contribution in [3.63, 3.8) is 0 Å². The predicted molar refractivity (Wildman–Crippen MR) is 116 cm³/mol. The Morgan fingerprint density at radius 1 is 1.28 bits per heavy atom. The van der Waals surface area contributed by atoms with E-state index in [0.29, 0.717) is 35.8 Å². The topological polar surface area (TPSA) is 111 Å². The lowest BCUT2D eigenvalue weighted by Gasteiger charge is -2.29. The number of methoxy groups -OCH3 is 1. The molecule has 1 N–H and O–H groups in total. The van der Waals surface area contributed by atoms with Gasteiger partial charge in [-0.1, -0.05) is 0 Å². The molecule has 2 aromatic rings. The number of ether oxygens (including phenoxy) is 3. The zero-order valence-electron chi connectivity index (χ0n) is 19.3. The average molecular weight is 447 g/mol. The number of rotatable bonds is 5. The number of nitrogens with one attached hydrogen (secondary N) is 1. The van der Waals surface area contributed by atoms with E-state index in [9.17, 15) is 14.4 Å². The van der Waals surface area contributed by atoms with Crippen molar-refractivity contribution >= 4 is 23.6 Å². The van der Waals surface area contributed by atoms with Crippen molar-refractivity contribution in [3.05, 3.63) is 29.7 Å². The standard InChI is InChI=1S/C22H30N4O6/c1-7-31-15-9-8-11-25-16(13(2)23-18(15)25)19(27)24-14-10-12-26(17(14)20(28)30-6)21(29)32-22(3,4)5/h8-9,11,14,17H,7,10,12H2,1-6H3,(H,24,27)/t14-,17+/m1/s1. The minimum absolute atomic E-state index is 0.250. The molecule has 1 fully saturated rings. The van der Waals surface area contributed by atoms with Crippen molar-refractivity contribution in [2.45, 2.75) is 58.7 Å². The number of nitrogens with zero attached hydrogens (tertiary/aromatic N) is 3. The van der Waals surface area contributed by atoms with E-state index in [2.05, 4.69) is 10.3 Å². The van der Waals surface area contributed by atoms with Crippen LogP contribution < -0.4 is 10.1 Å². The summed E-state index contributed by atoms with van der Waals surface area (Å²) in [5, 5.41) is 2.89. The van der Waals surface area contributed by atoms with Gasteiger partial charge in [-0.15, -0.1) is 0 Å². The van der Waals surface area contributed by atoms with Crippen LogP contribution in [-0.4, -0.2) is 70.2 Å². The summed E-state index contributed by atoms with van der Waals surface area (Å²) in [6, 6.07) is 1.93. The van der Waals surface area contributed by atoms with Gasteiger partial charge in [0.25, 0.3) is 5.91 Å².